The fourth-order valence-electron chi connectivity index (χ4n) is 1.07. The highest BCUT2D eigenvalue weighted by Gasteiger charge is 2.10. The maximum Gasteiger partial charge on any atom is 0.278 e. The molecular weight excluding hydrogens is 192 g/mol. The van der Waals surface area contributed by atoms with E-state index in [-0.39, 0.29) is 5.91 Å². The molecule has 1 heterocycles. The van der Waals surface area contributed by atoms with Crippen LogP contribution in [0.5, 0.6) is 0 Å². The van der Waals surface area contributed by atoms with E-state index in [1.54, 1.807) is 19.2 Å². The van der Waals surface area contributed by atoms with Crippen LogP contribution in [-0.4, -0.2) is 30.1 Å². The highest BCUT2D eigenvalue weighted by molar-refractivity contribution is 5.93. The second kappa shape index (κ2) is 5.26. The van der Waals surface area contributed by atoms with E-state index in [0.717, 1.165) is 10.8 Å². The summed E-state index contributed by atoms with van der Waals surface area (Å²) in [5, 5.41) is 1.16. The third kappa shape index (κ3) is 2.89. The first-order valence-electron chi connectivity index (χ1n) is 4.60. The van der Waals surface area contributed by atoms with Crippen molar-refractivity contribution in [2.75, 3.05) is 14.2 Å². The molecule has 0 bridgehead atoms. The monoisotopic (exact) mass is 206 g/mol. The van der Waals surface area contributed by atoms with Crippen molar-refractivity contribution >= 4 is 12.0 Å². The van der Waals surface area contributed by atoms with Crippen molar-refractivity contribution in [3.63, 3.8) is 0 Å². The molecule has 1 amide bonds. The van der Waals surface area contributed by atoms with Gasteiger partial charge >= 0.3 is 0 Å². The molecule has 0 fully saturated rings. The number of amides is 1. The van der Waals surface area contributed by atoms with E-state index in [1.165, 1.54) is 13.3 Å². The van der Waals surface area contributed by atoms with Gasteiger partial charge in [0.25, 0.3) is 5.91 Å². The summed E-state index contributed by atoms with van der Waals surface area (Å²) in [6.07, 6.45) is 5.30. The van der Waals surface area contributed by atoms with E-state index in [9.17, 15) is 4.79 Å². The molecule has 0 aliphatic rings. The largest absolute Gasteiger partial charge is 0.278 e. The summed E-state index contributed by atoms with van der Waals surface area (Å²) in [5.41, 5.74) is 1.33. The van der Waals surface area contributed by atoms with Gasteiger partial charge in [0.2, 0.25) is 0 Å². The molecule has 0 aliphatic carbocycles. The van der Waals surface area contributed by atoms with Gasteiger partial charge in [-0.05, 0) is 25.1 Å². The van der Waals surface area contributed by atoms with Gasteiger partial charge in [0.1, 0.15) is 0 Å². The van der Waals surface area contributed by atoms with Gasteiger partial charge < -0.3 is 0 Å². The van der Waals surface area contributed by atoms with Gasteiger partial charge in [-0.3, -0.25) is 14.6 Å². The number of carbonyl (C=O) groups excluding carboxylic acids is 1. The van der Waals surface area contributed by atoms with Crippen molar-refractivity contribution < 1.29 is 9.63 Å². The number of nitrogens with zero attached hydrogens (tertiary/aromatic N) is 2. The van der Waals surface area contributed by atoms with Crippen LogP contribution in [0.4, 0.5) is 0 Å². The number of rotatable bonds is 3. The summed E-state index contributed by atoms with van der Waals surface area (Å²) >= 11 is 0. The lowest BCUT2D eigenvalue weighted by Crippen LogP contribution is -2.25. The Labute approximate surface area is 89.1 Å². The van der Waals surface area contributed by atoms with E-state index in [4.69, 9.17) is 4.84 Å². The van der Waals surface area contributed by atoms with Gasteiger partial charge in [0, 0.05) is 13.2 Å². The molecule has 0 spiro atoms. The van der Waals surface area contributed by atoms with Gasteiger partial charge in [0.05, 0.1) is 18.4 Å². The third-order valence-electron chi connectivity index (χ3n) is 1.93. The second-order valence-corrected chi connectivity index (χ2v) is 2.96. The molecule has 0 aromatic carbocycles. The maximum absolute atomic E-state index is 11.6. The highest BCUT2D eigenvalue weighted by Crippen LogP contribution is 2.05. The van der Waals surface area contributed by atoms with E-state index in [2.05, 4.69) is 4.98 Å². The minimum absolute atomic E-state index is 0.211. The van der Waals surface area contributed by atoms with Gasteiger partial charge in [-0.15, -0.1) is 0 Å². The first kappa shape index (κ1) is 11.4. The lowest BCUT2D eigenvalue weighted by molar-refractivity contribution is -0.0757. The second-order valence-electron chi connectivity index (χ2n) is 2.96. The van der Waals surface area contributed by atoms with Crippen molar-refractivity contribution in [3.8, 4) is 0 Å². The first-order valence-corrected chi connectivity index (χ1v) is 4.60. The number of hydrogen-bond acceptors (Lipinski definition) is 3. The molecule has 1 rings (SSSR count). The zero-order valence-electron chi connectivity index (χ0n) is 9.10. The smallest absolute Gasteiger partial charge is 0.274 e. The molecule has 0 saturated carbocycles. The molecule has 0 atom stereocenters. The predicted molar refractivity (Wildman–Crippen MR) is 58.0 cm³/mol. The Balaban J connectivity index is 2.84. The summed E-state index contributed by atoms with van der Waals surface area (Å²) < 4.78 is 0. The molecule has 80 valence electrons. The van der Waals surface area contributed by atoms with Crippen molar-refractivity contribution in [1.29, 1.82) is 0 Å². The molecule has 4 heteroatoms. The van der Waals surface area contributed by atoms with Crippen LogP contribution in [0.15, 0.2) is 24.4 Å². The molecule has 0 aliphatic heterocycles. The summed E-state index contributed by atoms with van der Waals surface area (Å²) in [7, 11) is 3.00. The Morgan fingerprint density at radius 3 is 2.73 bits per heavy atom. The van der Waals surface area contributed by atoms with E-state index in [0.29, 0.717) is 5.56 Å². The molecule has 4 nitrogen and oxygen atoms in total. The number of hydroxylamine groups is 2. The molecule has 15 heavy (non-hydrogen) atoms. The number of pyridine rings is 1. The van der Waals surface area contributed by atoms with Crippen LogP contribution in [0.2, 0.25) is 0 Å². The van der Waals surface area contributed by atoms with Crippen LogP contribution < -0.4 is 0 Å². The molecule has 0 radical (unpaired) electrons. The number of aromatic nitrogens is 1. The molecule has 0 saturated heterocycles. The fraction of sp³-hybridized carbons (Fsp3) is 0.273. The Morgan fingerprint density at radius 1 is 1.53 bits per heavy atom. The molecule has 0 N–H and O–H groups in total. The van der Waals surface area contributed by atoms with Gasteiger partial charge in [-0.2, -0.15) is 0 Å². The van der Waals surface area contributed by atoms with Crippen LogP contribution in [0, 0.1) is 0 Å². The standard InChI is InChI=1S/C11H14N2O2/c1-4-5-10-7-6-9(8-12-10)11(14)13(2)15-3/h4-8H,1-3H3. The van der Waals surface area contributed by atoms with Crippen molar-refractivity contribution in [1.82, 2.24) is 10.0 Å². The molecule has 1 aromatic heterocycles. The van der Waals surface area contributed by atoms with Crippen LogP contribution in [0.25, 0.3) is 6.08 Å². The quantitative estimate of drug-likeness (QED) is 0.707. The first-order chi connectivity index (χ1) is 7.19. The average Bonchev–Trinajstić information content (AvgIpc) is 2.28. The van der Waals surface area contributed by atoms with E-state index in [1.807, 2.05) is 19.1 Å². The van der Waals surface area contributed by atoms with Crippen LogP contribution in [0.1, 0.15) is 23.0 Å². The minimum Gasteiger partial charge on any atom is -0.274 e. The Bertz CT molecular complexity index is 357. The summed E-state index contributed by atoms with van der Waals surface area (Å²) in [6.45, 7) is 1.92. The van der Waals surface area contributed by atoms with Gasteiger partial charge in [0.15, 0.2) is 0 Å². The number of carbonyl (C=O) groups is 1. The number of hydrogen-bond donors (Lipinski definition) is 0. The molecular formula is C11H14N2O2. The van der Waals surface area contributed by atoms with Crippen molar-refractivity contribution in [2.24, 2.45) is 0 Å². The predicted octanol–water partition coefficient (Wildman–Crippen LogP) is 1.75. The summed E-state index contributed by atoms with van der Waals surface area (Å²) in [4.78, 5) is 20.5. The van der Waals surface area contributed by atoms with Crippen LogP contribution >= 0.6 is 0 Å². The van der Waals surface area contributed by atoms with Crippen LogP contribution in [-0.2, 0) is 4.84 Å². The summed E-state index contributed by atoms with van der Waals surface area (Å²) in [5.74, 6) is -0.211. The normalized spacial score (nSPS) is 10.6. The van der Waals surface area contributed by atoms with Crippen LogP contribution in [0.3, 0.4) is 0 Å². The zero-order chi connectivity index (χ0) is 11.3. The van der Waals surface area contributed by atoms with Crippen molar-refractivity contribution in [3.05, 3.63) is 35.7 Å². The number of allylic oxidation sites excluding steroid dienone is 1. The zero-order valence-corrected chi connectivity index (χ0v) is 9.10. The molecule has 1 aromatic rings. The Hall–Kier alpha value is -1.68. The summed E-state index contributed by atoms with van der Waals surface area (Å²) in [6, 6.07) is 3.51. The van der Waals surface area contributed by atoms with Gasteiger partial charge in [-0.25, -0.2) is 5.06 Å². The lowest BCUT2D eigenvalue weighted by Gasteiger charge is -2.12. The van der Waals surface area contributed by atoms with E-state index < -0.39 is 0 Å². The average molecular weight is 206 g/mol. The molecule has 0 unspecified atom stereocenters. The minimum atomic E-state index is -0.211. The maximum atomic E-state index is 11.6. The Kier molecular flexibility index (Phi) is 4.00. The van der Waals surface area contributed by atoms with Crippen molar-refractivity contribution in [2.45, 2.75) is 6.92 Å². The lowest BCUT2D eigenvalue weighted by atomic mass is 10.2. The topological polar surface area (TPSA) is 42.4 Å². The fourth-order valence-corrected chi connectivity index (χ4v) is 1.07. The third-order valence-corrected chi connectivity index (χ3v) is 1.93. The highest BCUT2D eigenvalue weighted by atomic mass is 16.7. The SMILES string of the molecule is CC=Cc1ccc(C(=O)N(C)OC)cn1. The van der Waals surface area contributed by atoms with Gasteiger partial charge in [-0.1, -0.05) is 6.08 Å². The van der Waals surface area contributed by atoms with E-state index >= 15 is 0 Å². The Morgan fingerprint density at radius 2 is 2.27 bits per heavy atom.